The van der Waals surface area contributed by atoms with E-state index in [1.54, 1.807) is 23.9 Å². The highest BCUT2D eigenvalue weighted by atomic mass is 32.2. The first-order valence-electron chi connectivity index (χ1n) is 5.36. The van der Waals surface area contributed by atoms with E-state index in [0.717, 1.165) is 18.6 Å². The largest absolute Gasteiger partial charge is 0.479 e. The van der Waals surface area contributed by atoms with Crippen molar-refractivity contribution in [2.45, 2.75) is 24.1 Å². The summed E-state index contributed by atoms with van der Waals surface area (Å²) in [5, 5.41) is 13.5. The molecular weight excluding hydrogens is 258 g/mol. The van der Waals surface area contributed by atoms with Crippen LogP contribution in [0.3, 0.4) is 0 Å². The molecule has 2 atom stereocenters. The van der Waals surface area contributed by atoms with E-state index in [1.807, 2.05) is 5.38 Å². The summed E-state index contributed by atoms with van der Waals surface area (Å²) in [5.74, 6) is -0.188. The fourth-order valence-electron chi connectivity index (χ4n) is 1.73. The molecule has 92 valence electrons. The van der Waals surface area contributed by atoms with Crippen LogP contribution in [-0.4, -0.2) is 28.0 Å². The zero-order valence-electron chi connectivity index (χ0n) is 9.09. The minimum absolute atomic E-state index is 0.0863. The van der Waals surface area contributed by atoms with Crippen molar-refractivity contribution in [3.8, 4) is 0 Å². The number of thioether (sulfide) groups is 1. The van der Waals surface area contributed by atoms with Gasteiger partial charge < -0.3 is 10.4 Å². The van der Waals surface area contributed by atoms with Crippen LogP contribution < -0.4 is 5.32 Å². The molecule has 1 amide bonds. The van der Waals surface area contributed by atoms with Gasteiger partial charge in [0.15, 0.2) is 6.04 Å². The van der Waals surface area contributed by atoms with Crippen LogP contribution in [0.15, 0.2) is 17.5 Å². The fourth-order valence-corrected chi connectivity index (χ4v) is 3.67. The van der Waals surface area contributed by atoms with Crippen molar-refractivity contribution in [1.82, 2.24) is 5.32 Å². The van der Waals surface area contributed by atoms with Crippen molar-refractivity contribution in [2.75, 3.05) is 5.75 Å². The molecule has 0 aromatic carbocycles. The van der Waals surface area contributed by atoms with Gasteiger partial charge in [0.2, 0.25) is 5.91 Å². The summed E-state index contributed by atoms with van der Waals surface area (Å²) in [4.78, 5) is 23.7. The third-order valence-corrected chi connectivity index (χ3v) is 4.90. The molecule has 4 nitrogen and oxygen atoms in total. The zero-order chi connectivity index (χ0) is 12.3. The van der Waals surface area contributed by atoms with Gasteiger partial charge >= 0.3 is 5.97 Å². The predicted molar refractivity (Wildman–Crippen MR) is 68.3 cm³/mol. The van der Waals surface area contributed by atoms with Crippen molar-refractivity contribution in [3.05, 3.63) is 22.4 Å². The molecule has 0 radical (unpaired) electrons. The lowest BCUT2D eigenvalue weighted by Gasteiger charge is -2.15. The van der Waals surface area contributed by atoms with Gasteiger partial charge in [-0.05, 0) is 30.0 Å². The molecule has 0 bridgehead atoms. The molecule has 1 aromatic rings. The van der Waals surface area contributed by atoms with Gasteiger partial charge in [-0.2, -0.15) is 0 Å². The monoisotopic (exact) mass is 271 g/mol. The number of hydrogen-bond acceptors (Lipinski definition) is 4. The predicted octanol–water partition coefficient (Wildman–Crippen LogP) is 1.89. The third kappa shape index (κ3) is 3.01. The second-order valence-corrected chi connectivity index (χ2v) is 6.09. The lowest BCUT2D eigenvalue weighted by atomic mass is 10.2. The second-order valence-electron chi connectivity index (χ2n) is 3.80. The summed E-state index contributed by atoms with van der Waals surface area (Å²) in [7, 11) is 0. The summed E-state index contributed by atoms with van der Waals surface area (Å²) >= 11 is 2.94. The number of carboxylic acids is 1. The molecule has 0 spiro atoms. The highest BCUT2D eigenvalue weighted by molar-refractivity contribution is 8.00. The van der Waals surface area contributed by atoms with Gasteiger partial charge in [0.1, 0.15) is 0 Å². The van der Waals surface area contributed by atoms with E-state index in [0.29, 0.717) is 4.88 Å². The molecule has 1 aliphatic heterocycles. The number of thiophene rings is 1. The van der Waals surface area contributed by atoms with Gasteiger partial charge in [0.05, 0.1) is 5.25 Å². The summed E-state index contributed by atoms with van der Waals surface area (Å²) in [6.45, 7) is 0. The minimum atomic E-state index is -1.01. The molecular formula is C11H13NO3S2. The lowest BCUT2D eigenvalue weighted by Crippen LogP contribution is -2.37. The summed E-state index contributed by atoms with van der Waals surface area (Å²) < 4.78 is 0. The Morgan fingerprint density at radius 3 is 2.88 bits per heavy atom. The molecule has 0 aliphatic carbocycles. The van der Waals surface area contributed by atoms with Gasteiger partial charge in [-0.15, -0.1) is 23.1 Å². The molecule has 17 heavy (non-hydrogen) atoms. The zero-order valence-corrected chi connectivity index (χ0v) is 10.7. The van der Waals surface area contributed by atoms with Gasteiger partial charge in [0, 0.05) is 4.88 Å². The molecule has 2 heterocycles. The van der Waals surface area contributed by atoms with Crippen LogP contribution in [0.2, 0.25) is 0 Å². The van der Waals surface area contributed by atoms with Gasteiger partial charge in [-0.3, -0.25) is 4.79 Å². The first-order valence-corrected chi connectivity index (χ1v) is 7.29. The number of carbonyl (C=O) groups is 2. The molecule has 1 saturated heterocycles. The number of carbonyl (C=O) groups excluding carboxylic acids is 1. The van der Waals surface area contributed by atoms with E-state index in [4.69, 9.17) is 5.11 Å². The Balaban J connectivity index is 2.03. The van der Waals surface area contributed by atoms with Crippen LogP contribution >= 0.6 is 23.1 Å². The van der Waals surface area contributed by atoms with Crippen LogP contribution in [-0.2, 0) is 9.59 Å². The summed E-state index contributed by atoms with van der Waals surface area (Å²) in [6.07, 6.45) is 1.87. The number of aliphatic carboxylic acids is 1. The van der Waals surface area contributed by atoms with Crippen molar-refractivity contribution >= 4 is 35.0 Å². The lowest BCUT2D eigenvalue weighted by molar-refractivity contribution is -0.141. The second kappa shape index (κ2) is 5.55. The standard InChI is InChI=1S/C11H13NO3S2/c13-10(8-4-2-6-17-8)12-9(11(14)15)7-3-1-5-16-7/h1,3,5,8-9H,2,4,6H2,(H,12,13)(H,14,15). The Hall–Kier alpha value is -1.01. The maximum Gasteiger partial charge on any atom is 0.331 e. The first-order chi connectivity index (χ1) is 8.18. The summed E-state index contributed by atoms with van der Waals surface area (Å²) in [5.41, 5.74) is 0. The van der Waals surface area contributed by atoms with Crippen molar-refractivity contribution in [2.24, 2.45) is 0 Å². The van der Waals surface area contributed by atoms with E-state index >= 15 is 0 Å². The highest BCUT2D eigenvalue weighted by Crippen LogP contribution is 2.27. The van der Waals surface area contributed by atoms with Gasteiger partial charge in [0.25, 0.3) is 0 Å². The fraction of sp³-hybridized carbons (Fsp3) is 0.455. The third-order valence-electron chi connectivity index (χ3n) is 2.58. The van der Waals surface area contributed by atoms with E-state index in [1.165, 1.54) is 11.3 Å². The van der Waals surface area contributed by atoms with Crippen LogP contribution in [0.25, 0.3) is 0 Å². The molecule has 0 saturated carbocycles. The molecule has 2 unspecified atom stereocenters. The average molecular weight is 271 g/mol. The number of hydrogen-bond donors (Lipinski definition) is 2. The number of nitrogens with one attached hydrogen (secondary N) is 1. The summed E-state index contributed by atoms with van der Waals surface area (Å²) in [6, 6.07) is 2.60. The molecule has 2 N–H and O–H groups in total. The van der Waals surface area contributed by atoms with Crippen LogP contribution in [0.4, 0.5) is 0 Å². The van der Waals surface area contributed by atoms with Gasteiger partial charge in [-0.25, -0.2) is 4.79 Å². The van der Waals surface area contributed by atoms with Crippen LogP contribution in [0, 0.1) is 0 Å². The smallest absolute Gasteiger partial charge is 0.331 e. The van der Waals surface area contributed by atoms with Crippen molar-refractivity contribution in [3.63, 3.8) is 0 Å². The van der Waals surface area contributed by atoms with Crippen LogP contribution in [0.1, 0.15) is 23.8 Å². The molecule has 1 aliphatic rings. The number of carboxylic acid groups (broad SMARTS) is 1. The van der Waals surface area contributed by atoms with E-state index in [2.05, 4.69) is 5.32 Å². The Kier molecular flexibility index (Phi) is 4.06. The van der Waals surface area contributed by atoms with Gasteiger partial charge in [-0.1, -0.05) is 6.07 Å². The number of amides is 1. The molecule has 2 rings (SSSR count). The maximum absolute atomic E-state index is 11.9. The SMILES string of the molecule is O=C(NC(C(=O)O)c1cccs1)C1CCCS1. The Morgan fingerprint density at radius 1 is 1.53 bits per heavy atom. The van der Waals surface area contributed by atoms with Crippen molar-refractivity contribution in [1.29, 1.82) is 0 Å². The number of rotatable bonds is 4. The van der Waals surface area contributed by atoms with Crippen molar-refractivity contribution < 1.29 is 14.7 Å². The highest BCUT2D eigenvalue weighted by Gasteiger charge is 2.29. The first kappa shape index (κ1) is 12.4. The topological polar surface area (TPSA) is 66.4 Å². The molecule has 1 aromatic heterocycles. The Bertz CT molecular complexity index is 399. The molecule has 1 fully saturated rings. The normalized spacial score (nSPS) is 21.1. The average Bonchev–Trinajstić information content (AvgIpc) is 2.97. The van der Waals surface area contributed by atoms with E-state index in [-0.39, 0.29) is 11.2 Å². The maximum atomic E-state index is 11.9. The van der Waals surface area contributed by atoms with E-state index < -0.39 is 12.0 Å². The minimum Gasteiger partial charge on any atom is -0.479 e. The molecule has 6 heteroatoms. The Labute approximate surface area is 107 Å². The quantitative estimate of drug-likeness (QED) is 0.877. The van der Waals surface area contributed by atoms with Crippen LogP contribution in [0.5, 0.6) is 0 Å². The Morgan fingerprint density at radius 2 is 2.35 bits per heavy atom. The van der Waals surface area contributed by atoms with E-state index in [9.17, 15) is 9.59 Å².